The molecule has 0 aliphatic carbocycles. The fraction of sp³-hybridized carbons (Fsp3) is 0.417. The second kappa shape index (κ2) is 5.39. The molecule has 18 heavy (non-hydrogen) atoms. The predicted octanol–water partition coefficient (Wildman–Crippen LogP) is 1.97. The van der Waals surface area contributed by atoms with E-state index in [2.05, 4.69) is 0 Å². The number of hydrogen-bond acceptors (Lipinski definition) is 4. The normalized spacial score (nSPS) is 13.1. The summed E-state index contributed by atoms with van der Waals surface area (Å²) in [4.78, 5) is 11.1. The molecular weight excluding hydrogens is 256 g/mol. The van der Waals surface area contributed by atoms with Crippen LogP contribution in [0.3, 0.4) is 0 Å². The van der Waals surface area contributed by atoms with Crippen molar-refractivity contribution in [3.8, 4) is 5.75 Å². The van der Waals surface area contributed by atoms with E-state index in [-0.39, 0.29) is 22.3 Å². The molecule has 100 valence electrons. The van der Waals surface area contributed by atoms with Gasteiger partial charge in [0.1, 0.15) is 11.3 Å². The first-order valence-corrected chi connectivity index (χ1v) is 7.39. The zero-order valence-electron chi connectivity index (χ0n) is 10.5. The quantitative estimate of drug-likeness (QED) is 0.886. The molecule has 0 saturated heterocycles. The summed E-state index contributed by atoms with van der Waals surface area (Å²) >= 11 is 0. The third-order valence-electron chi connectivity index (χ3n) is 2.51. The van der Waals surface area contributed by atoms with Crippen molar-refractivity contribution < 1.29 is 23.1 Å². The minimum atomic E-state index is -3.43. The van der Waals surface area contributed by atoms with E-state index in [1.165, 1.54) is 12.1 Å². The van der Waals surface area contributed by atoms with Crippen LogP contribution in [-0.4, -0.2) is 31.9 Å². The van der Waals surface area contributed by atoms with Gasteiger partial charge >= 0.3 is 5.97 Å². The molecule has 1 rings (SSSR count). The number of carbonyl (C=O) groups is 1. The molecular formula is C12H16O5S. The molecule has 1 aromatic rings. The Balaban J connectivity index is 3.25. The summed E-state index contributed by atoms with van der Waals surface area (Å²) in [5, 5.41) is 9.07. The summed E-state index contributed by atoms with van der Waals surface area (Å²) in [6.45, 7) is 3.73. The van der Waals surface area contributed by atoms with Gasteiger partial charge in [-0.2, -0.15) is 0 Å². The lowest BCUT2D eigenvalue weighted by molar-refractivity contribution is 0.0689. The van der Waals surface area contributed by atoms with Crippen molar-refractivity contribution >= 4 is 15.8 Å². The molecule has 0 aliphatic heterocycles. The molecule has 1 aromatic carbocycles. The highest BCUT2D eigenvalue weighted by molar-refractivity contribution is 7.90. The average Bonchev–Trinajstić information content (AvgIpc) is 2.27. The lowest BCUT2D eigenvalue weighted by atomic mass is 10.2. The molecule has 0 aromatic heterocycles. The first-order valence-electron chi connectivity index (χ1n) is 5.49. The van der Waals surface area contributed by atoms with Gasteiger partial charge < -0.3 is 9.84 Å². The van der Waals surface area contributed by atoms with Crippen molar-refractivity contribution in [1.29, 1.82) is 0 Å². The van der Waals surface area contributed by atoms with Gasteiger partial charge in [-0.15, -0.1) is 0 Å². The Morgan fingerprint density at radius 2 is 2.06 bits per heavy atom. The Morgan fingerprint density at radius 3 is 2.50 bits per heavy atom. The molecule has 0 aliphatic rings. The van der Waals surface area contributed by atoms with Gasteiger partial charge in [0.2, 0.25) is 0 Å². The molecule has 0 unspecified atom stereocenters. The number of ether oxygens (including phenoxy) is 1. The Labute approximate surface area is 106 Å². The molecule has 0 saturated carbocycles. The number of sulfone groups is 1. The minimum Gasteiger partial charge on any atom is -0.490 e. The number of hydrogen-bond donors (Lipinski definition) is 1. The van der Waals surface area contributed by atoms with Crippen LogP contribution in [0.1, 0.15) is 30.6 Å². The van der Waals surface area contributed by atoms with Crippen LogP contribution < -0.4 is 4.74 Å². The first kappa shape index (κ1) is 14.5. The number of benzene rings is 1. The number of rotatable bonds is 5. The second-order valence-electron chi connectivity index (χ2n) is 4.07. The van der Waals surface area contributed by atoms with Gasteiger partial charge in [-0.3, -0.25) is 0 Å². The van der Waals surface area contributed by atoms with Crippen molar-refractivity contribution in [2.24, 2.45) is 0 Å². The SMILES string of the molecule is CC[C@H](C)Oc1ccc(S(C)(=O)=O)cc1C(=O)O. The van der Waals surface area contributed by atoms with Crippen LogP contribution in [0.25, 0.3) is 0 Å². The predicted molar refractivity (Wildman–Crippen MR) is 66.9 cm³/mol. The van der Waals surface area contributed by atoms with Crippen molar-refractivity contribution in [2.75, 3.05) is 6.26 Å². The second-order valence-corrected chi connectivity index (χ2v) is 6.09. The molecule has 0 amide bonds. The molecule has 5 nitrogen and oxygen atoms in total. The van der Waals surface area contributed by atoms with Gasteiger partial charge in [-0.25, -0.2) is 13.2 Å². The van der Waals surface area contributed by atoms with Crippen LogP contribution in [0.5, 0.6) is 5.75 Å². The van der Waals surface area contributed by atoms with Gasteiger partial charge in [0.05, 0.1) is 11.0 Å². The molecule has 0 fully saturated rings. The Morgan fingerprint density at radius 1 is 1.44 bits per heavy atom. The highest BCUT2D eigenvalue weighted by Gasteiger charge is 2.17. The molecule has 0 spiro atoms. The highest BCUT2D eigenvalue weighted by Crippen LogP contribution is 2.24. The van der Waals surface area contributed by atoms with E-state index in [1.807, 2.05) is 13.8 Å². The van der Waals surface area contributed by atoms with E-state index in [9.17, 15) is 13.2 Å². The lowest BCUT2D eigenvalue weighted by Gasteiger charge is -2.15. The van der Waals surface area contributed by atoms with Gasteiger partial charge in [-0.05, 0) is 31.5 Å². The summed E-state index contributed by atoms with van der Waals surface area (Å²) in [5.41, 5.74) is -0.141. The third kappa shape index (κ3) is 3.46. The zero-order valence-corrected chi connectivity index (χ0v) is 11.3. The van der Waals surface area contributed by atoms with Gasteiger partial charge in [-0.1, -0.05) is 6.92 Å². The Bertz CT molecular complexity index is 548. The first-order chi connectivity index (χ1) is 8.25. The maximum atomic E-state index is 11.4. The average molecular weight is 272 g/mol. The van der Waals surface area contributed by atoms with E-state index in [1.54, 1.807) is 0 Å². The van der Waals surface area contributed by atoms with Crippen LogP contribution in [0.4, 0.5) is 0 Å². The summed E-state index contributed by atoms with van der Waals surface area (Å²) in [6, 6.07) is 3.85. The molecule has 0 heterocycles. The minimum absolute atomic E-state index is 0.0311. The monoisotopic (exact) mass is 272 g/mol. The van der Waals surface area contributed by atoms with Crippen LogP contribution in [0.15, 0.2) is 23.1 Å². The lowest BCUT2D eigenvalue weighted by Crippen LogP contribution is -2.13. The van der Waals surface area contributed by atoms with E-state index in [4.69, 9.17) is 9.84 Å². The molecule has 6 heteroatoms. The van der Waals surface area contributed by atoms with Gasteiger partial charge in [0.25, 0.3) is 0 Å². The molecule has 0 bridgehead atoms. The van der Waals surface area contributed by atoms with Crippen LogP contribution in [0, 0.1) is 0 Å². The van der Waals surface area contributed by atoms with Crippen LogP contribution >= 0.6 is 0 Å². The Kier molecular flexibility index (Phi) is 4.34. The van der Waals surface area contributed by atoms with Crippen molar-refractivity contribution in [1.82, 2.24) is 0 Å². The van der Waals surface area contributed by atoms with Crippen molar-refractivity contribution in [2.45, 2.75) is 31.3 Å². The van der Waals surface area contributed by atoms with Crippen molar-refractivity contribution in [3.05, 3.63) is 23.8 Å². The van der Waals surface area contributed by atoms with Crippen molar-refractivity contribution in [3.63, 3.8) is 0 Å². The van der Waals surface area contributed by atoms with E-state index >= 15 is 0 Å². The standard InChI is InChI=1S/C12H16O5S/c1-4-8(2)17-11-6-5-9(18(3,15)16)7-10(11)12(13)14/h5-8H,4H2,1-3H3,(H,13,14)/t8-/m0/s1. The van der Waals surface area contributed by atoms with Crippen LogP contribution in [0.2, 0.25) is 0 Å². The summed E-state index contributed by atoms with van der Waals surface area (Å²) in [7, 11) is -3.43. The number of carboxylic acids is 1. The largest absolute Gasteiger partial charge is 0.490 e. The summed E-state index contributed by atoms with van der Waals surface area (Å²) < 4.78 is 28.2. The molecule has 1 atom stereocenters. The highest BCUT2D eigenvalue weighted by atomic mass is 32.2. The zero-order chi connectivity index (χ0) is 13.9. The van der Waals surface area contributed by atoms with E-state index < -0.39 is 15.8 Å². The maximum absolute atomic E-state index is 11.4. The summed E-state index contributed by atoms with van der Waals surface area (Å²) in [5.74, 6) is -1.02. The van der Waals surface area contributed by atoms with Gasteiger partial charge in [0, 0.05) is 6.26 Å². The van der Waals surface area contributed by atoms with E-state index in [0.29, 0.717) is 0 Å². The van der Waals surface area contributed by atoms with Crippen LogP contribution in [-0.2, 0) is 9.84 Å². The maximum Gasteiger partial charge on any atom is 0.339 e. The Hall–Kier alpha value is -1.56. The third-order valence-corrected chi connectivity index (χ3v) is 3.62. The molecule has 0 radical (unpaired) electrons. The fourth-order valence-corrected chi connectivity index (χ4v) is 1.96. The smallest absolute Gasteiger partial charge is 0.339 e. The fourth-order valence-electron chi connectivity index (χ4n) is 1.31. The summed E-state index contributed by atoms with van der Waals surface area (Å²) in [6.07, 6.45) is 1.63. The number of aromatic carboxylic acids is 1. The number of carboxylic acid groups (broad SMARTS) is 1. The molecule has 1 N–H and O–H groups in total. The topological polar surface area (TPSA) is 80.7 Å². The van der Waals surface area contributed by atoms with Gasteiger partial charge in [0.15, 0.2) is 9.84 Å². The van der Waals surface area contributed by atoms with E-state index in [0.717, 1.165) is 18.7 Å².